The van der Waals surface area contributed by atoms with Gasteiger partial charge in [-0.1, -0.05) is 22.8 Å². The van der Waals surface area contributed by atoms with Gasteiger partial charge in [0.15, 0.2) is 0 Å². The minimum Gasteiger partial charge on any atom is -0.339 e. The lowest BCUT2D eigenvalue weighted by atomic mass is 9.97. The highest BCUT2D eigenvalue weighted by Crippen LogP contribution is 2.28. The molecule has 1 amide bonds. The number of aromatic nitrogens is 2. The minimum absolute atomic E-state index is 0.0372. The second kappa shape index (κ2) is 7.48. The first-order valence-electron chi connectivity index (χ1n) is 8.74. The maximum Gasteiger partial charge on any atom is 0.253 e. The molecular formula is C20H17ClFN3O2. The standard InChI is InChI=1S/C20H17ClFN3O2/c21-16-8-6-13(7-9-16)18-23-19(27-24-18)15-4-2-10-25(12-15)20(26)14-3-1-5-17(22)11-14/h1,3,5-9,11,15H,2,4,10,12H2. The first-order chi connectivity index (χ1) is 13.1. The maximum atomic E-state index is 13.4. The van der Waals surface area contributed by atoms with Crippen molar-refractivity contribution >= 4 is 17.5 Å². The van der Waals surface area contributed by atoms with E-state index in [0.29, 0.717) is 35.4 Å². The number of carbonyl (C=O) groups is 1. The lowest BCUT2D eigenvalue weighted by Gasteiger charge is -2.31. The van der Waals surface area contributed by atoms with Crippen molar-refractivity contribution in [3.63, 3.8) is 0 Å². The fourth-order valence-corrected chi connectivity index (χ4v) is 3.41. The normalized spacial score (nSPS) is 17.1. The van der Waals surface area contributed by atoms with Crippen LogP contribution in [0, 0.1) is 5.82 Å². The van der Waals surface area contributed by atoms with Crippen molar-refractivity contribution in [2.24, 2.45) is 0 Å². The van der Waals surface area contributed by atoms with Crippen molar-refractivity contribution in [1.82, 2.24) is 15.0 Å². The minimum atomic E-state index is -0.418. The molecule has 1 aliphatic rings. The number of halogens is 2. The molecule has 0 aliphatic carbocycles. The van der Waals surface area contributed by atoms with Crippen molar-refractivity contribution < 1.29 is 13.7 Å². The van der Waals surface area contributed by atoms with Crippen LogP contribution in [0.2, 0.25) is 5.02 Å². The summed E-state index contributed by atoms with van der Waals surface area (Å²) in [5.41, 5.74) is 1.17. The summed E-state index contributed by atoms with van der Waals surface area (Å²) in [5.74, 6) is 0.368. The Morgan fingerprint density at radius 1 is 1.22 bits per heavy atom. The number of likely N-dealkylation sites (tertiary alicyclic amines) is 1. The SMILES string of the molecule is O=C(c1cccc(F)c1)N1CCCC(c2nc(-c3ccc(Cl)cc3)no2)C1. The van der Waals surface area contributed by atoms with Crippen LogP contribution in [-0.2, 0) is 0 Å². The van der Waals surface area contributed by atoms with Gasteiger partial charge in [0.2, 0.25) is 11.7 Å². The Morgan fingerprint density at radius 2 is 2.04 bits per heavy atom. The molecule has 2 heterocycles. The third-order valence-corrected chi connectivity index (χ3v) is 4.93. The molecule has 1 aliphatic heterocycles. The third-order valence-electron chi connectivity index (χ3n) is 4.67. The number of hydrogen-bond acceptors (Lipinski definition) is 4. The quantitative estimate of drug-likeness (QED) is 0.663. The van der Waals surface area contributed by atoms with E-state index in [1.54, 1.807) is 29.2 Å². The molecule has 0 bridgehead atoms. The average molecular weight is 386 g/mol. The van der Waals surface area contributed by atoms with E-state index in [9.17, 15) is 9.18 Å². The van der Waals surface area contributed by atoms with E-state index in [1.165, 1.54) is 12.1 Å². The number of amides is 1. The fraction of sp³-hybridized carbons (Fsp3) is 0.250. The smallest absolute Gasteiger partial charge is 0.253 e. The third kappa shape index (κ3) is 3.85. The lowest BCUT2D eigenvalue weighted by Crippen LogP contribution is -2.39. The Morgan fingerprint density at radius 3 is 2.81 bits per heavy atom. The predicted molar refractivity (Wildman–Crippen MR) is 99.0 cm³/mol. The van der Waals surface area contributed by atoms with E-state index in [-0.39, 0.29) is 11.8 Å². The molecule has 0 radical (unpaired) electrons. The Kier molecular flexibility index (Phi) is 4.90. The number of piperidine rings is 1. The summed E-state index contributed by atoms with van der Waals surface area (Å²) in [6, 6.07) is 13.0. The first-order valence-corrected chi connectivity index (χ1v) is 9.12. The highest BCUT2D eigenvalue weighted by molar-refractivity contribution is 6.30. The van der Waals surface area contributed by atoms with E-state index in [2.05, 4.69) is 10.1 Å². The van der Waals surface area contributed by atoms with Crippen LogP contribution in [0.15, 0.2) is 53.1 Å². The highest BCUT2D eigenvalue weighted by atomic mass is 35.5. The van der Waals surface area contributed by atoms with Crippen molar-refractivity contribution in [2.45, 2.75) is 18.8 Å². The molecule has 27 heavy (non-hydrogen) atoms. The van der Waals surface area contributed by atoms with Gasteiger partial charge >= 0.3 is 0 Å². The molecule has 1 unspecified atom stereocenters. The molecule has 1 atom stereocenters. The second-order valence-corrected chi connectivity index (χ2v) is 7.00. The summed E-state index contributed by atoms with van der Waals surface area (Å²) in [4.78, 5) is 18.9. The average Bonchev–Trinajstić information content (AvgIpc) is 3.18. The topological polar surface area (TPSA) is 59.2 Å². The molecular weight excluding hydrogens is 369 g/mol. The van der Waals surface area contributed by atoms with Crippen molar-refractivity contribution in [2.75, 3.05) is 13.1 Å². The Labute approximate surface area is 160 Å². The zero-order valence-electron chi connectivity index (χ0n) is 14.4. The molecule has 3 aromatic rings. The summed E-state index contributed by atoms with van der Waals surface area (Å²) in [7, 11) is 0. The second-order valence-electron chi connectivity index (χ2n) is 6.56. The monoisotopic (exact) mass is 385 g/mol. The molecule has 1 saturated heterocycles. The summed E-state index contributed by atoms with van der Waals surface area (Å²) in [5, 5.41) is 4.69. The molecule has 0 saturated carbocycles. The van der Waals surface area contributed by atoms with E-state index in [1.807, 2.05) is 12.1 Å². The molecule has 4 rings (SSSR count). The Balaban J connectivity index is 1.50. The molecule has 1 fully saturated rings. The van der Waals surface area contributed by atoms with Crippen molar-refractivity contribution in [3.8, 4) is 11.4 Å². The van der Waals surface area contributed by atoms with Crippen LogP contribution in [-0.4, -0.2) is 34.0 Å². The van der Waals surface area contributed by atoms with Crippen molar-refractivity contribution in [1.29, 1.82) is 0 Å². The molecule has 1 aromatic heterocycles. The molecule has 0 N–H and O–H groups in total. The highest BCUT2D eigenvalue weighted by Gasteiger charge is 2.29. The van der Waals surface area contributed by atoms with Crippen molar-refractivity contribution in [3.05, 3.63) is 70.8 Å². The summed E-state index contributed by atoms with van der Waals surface area (Å²) >= 11 is 5.91. The van der Waals surface area contributed by atoms with Crippen LogP contribution in [0.3, 0.4) is 0 Å². The van der Waals surface area contributed by atoms with Crippen LogP contribution in [0.5, 0.6) is 0 Å². The molecule has 5 nitrogen and oxygen atoms in total. The van der Waals surface area contributed by atoms with Gasteiger partial charge in [0, 0.05) is 29.2 Å². The molecule has 138 valence electrons. The zero-order valence-corrected chi connectivity index (χ0v) is 15.2. The lowest BCUT2D eigenvalue weighted by molar-refractivity contribution is 0.0695. The van der Waals surface area contributed by atoms with Gasteiger partial charge in [-0.3, -0.25) is 4.79 Å². The fourth-order valence-electron chi connectivity index (χ4n) is 3.28. The van der Waals surface area contributed by atoms with E-state index < -0.39 is 5.82 Å². The van der Waals surface area contributed by atoms with Crippen LogP contribution < -0.4 is 0 Å². The molecule has 7 heteroatoms. The van der Waals surface area contributed by atoms with Gasteiger partial charge in [0.1, 0.15) is 5.82 Å². The van der Waals surface area contributed by atoms with Gasteiger partial charge in [-0.15, -0.1) is 0 Å². The van der Waals surface area contributed by atoms with Gasteiger partial charge in [-0.2, -0.15) is 4.98 Å². The van der Waals surface area contributed by atoms with Gasteiger partial charge in [0.05, 0.1) is 5.92 Å². The van der Waals surface area contributed by atoms with Crippen LogP contribution in [0.4, 0.5) is 4.39 Å². The summed E-state index contributed by atoms with van der Waals surface area (Å²) in [6.45, 7) is 1.10. The van der Waals surface area contributed by atoms with Gasteiger partial charge in [-0.25, -0.2) is 4.39 Å². The van der Waals surface area contributed by atoms with E-state index in [4.69, 9.17) is 16.1 Å². The number of rotatable bonds is 3. The van der Waals surface area contributed by atoms with Crippen LogP contribution in [0.1, 0.15) is 35.0 Å². The zero-order chi connectivity index (χ0) is 18.8. The molecule has 0 spiro atoms. The first kappa shape index (κ1) is 17.7. The van der Waals surface area contributed by atoms with Crippen LogP contribution in [0.25, 0.3) is 11.4 Å². The van der Waals surface area contributed by atoms with Gasteiger partial charge < -0.3 is 9.42 Å². The number of hydrogen-bond donors (Lipinski definition) is 0. The van der Waals surface area contributed by atoms with Gasteiger partial charge in [-0.05, 0) is 55.3 Å². The largest absolute Gasteiger partial charge is 0.339 e. The Bertz CT molecular complexity index is 958. The van der Waals surface area contributed by atoms with Gasteiger partial charge in [0.25, 0.3) is 5.91 Å². The summed E-state index contributed by atoms with van der Waals surface area (Å²) in [6.07, 6.45) is 1.68. The molecule has 2 aromatic carbocycles. The predicted octanol–water partition coefficient (Wildman–Crippen LogP) is 4.55. The number of nitrogens with zero attached hydrogens (tertiary/aromatic N) is 3. The van der Waals surface area contributed by atoms with Crippen LogP contribution >= 0.6 is 11.6 Å². The Hall–Kier alpha value is -2.73. The number of benzene rings is 2. The van der Waals surface area contributed by atoms with E-state index >= 15 is 0 Å². The van der Waals surface area contributed by atoms with E-state index in [0.717, 1.165) is 18.4 Å². The number of carbonyl (C=O) groups excluding carboxylic acids is 1. The maximum absolute atomic E-state index is 13.4. The summed E-state index contributed by atoms with van der Waals surface area (Å²) < 4.78 is 18.9.